The third-order valence-corrected chi connectivity index (χ3v) is 5.42. The molecule has 0 aromatic carbocycles. The molecule has 2 N–H and O–H groups in total. The molecule has 20 heavy (non-hydrogen) atoms. The standard InChI is InChI=1S/C16H25NO2S/c1-9(2)12-6-5-10(3)7-14(12)19-16(18)15-8-13(17)11(4)20-15/h8-10,12,14H,5-7,17H2,1-4H3. The van der Waals surface area contributed by atoms with Crippen LogP contribution >= 0.6 is 11.3 Å². The molecule has 1 saturated carbocycles. The van der Waals surface area contributed by atoms with Gasteiger partial charge in [0.2, 0.25) is 0 Å². The van der Waals surface area contributed by atoms with E-state index in [0.29, 0.717) is 28.3 Å². The molecule has 2 rings (SSSR count). The third-order valence-electron chi connectivity index (χ3n) is 4.38. The monoisotopic (exact) mass is 295 g/mol. The maximum atomic E-state index is 12.3. The smallest absolute Gasteiger partial charge is 0.348 e. The van der Waals surface area contributed by atoms with Crippen molar-refractivity contribution in [2.75, 3.05) is 5.73 Å². The van der Waals surface area contributed by atoms with Crippen molar-refractivity contribution in [3.05, 3.63) is 15.8 Å². The van der Waals surface area contributed by atoms with Gasteiger partial charge in [-0.25, -0.2) is 4.79 Å². The number of thiophene rings is 1. The lowest BCUT2D eigenvalue weighted by Gasteiger charge is -2.36. The summed E-state index contributed by atoms with van der Waals surface area (Å²) in [5.74, 6) is 1.46. The summed E-state index contributed by atoms with van der Waals surface area (Å²) < 4.78 is 5.81. The molecule has 0 spiro atoms. The van der Waals surface area contributed by atoms with E-state index in [1.165, 1.54) is 17.8 Å². The van der Waals surface area contributed by atoms with Crippen molar-refractivity contribution in [2.45, 2.75) is 53.1 Å². The molecular weight excluding hydrogens is 270 g/mol. The van der Waals surface area contributed by atoms with Gasteiger partial charge in [0.15, 0.2) is 0 Å². The minimum absolute atomic E-state index is 0.0508. The average molecular weight is 295 g/mol. The molecule has 0 radical (unpaired) electrons. The Kier molecular flexibility index (Phi) is 4.74. The molecule has 1 aromatic heterocycles. The molecule has 1 fully saturated rings. The molecule has 3 unspecified atom stereocenters. The minimum atomic E-state index is -0.209. The average Bonchev–Trinajstić information content (AvgIpc) is 2.69. The zero-order valence-electron chi connectivity index (χ0n) is 12.8. The predicted molar refractivity (Wildman–Crippen MR) is 84.0 cm³/mol. The Bertz CT molecular complexity index is 461. The molecule has 1 heterocycles. The highest BCUT2D eigenvalue weighted by molar-refractivity contribution is 7.14. The number of anilines is 1. The highest BCUT2D eigenvalue weighted by atomic mass is 32.1. The van der Waals surface area contributed by atoms with Crippen molar-refractivity contribution in [3.8, 4) is 0 Å². The van der Waals surface area contributed by atoms with Crippen LogP contribution in [-0.4, -0.2) is 12.1 Å². The van der Waals surface area contributed by atoms with Crippen LogP contribution in [-0.2, 0) is 4.74 Å². The highest BCUT2D eigenvalue weighted by Crippen LogP contribution is 2.36. The second-order valence-corrected chi connectivity index (χ2v) is 7.65. The zero-order chi connectivity index (χ0) is 14.9. The number of rotatable bonds is 3. The molecule has 1 aromatic rings. The highest BCUT2D eigenvalue weighted by Gasteiger charge is 2.33. The van der Waals surface area contributed by atoms with Gasteiger partial charge in [0, 0.05) is 10.6 Å². The van der Waals surface area contributed by atoms with E-state index in [0.717, 1.165) is 17.7 Å². The van der Waals surface area contributed by atoms with E-state index in [2.05, 4.69) is 20.8 Å². The first-order chi connectivity index (χ1) is 9.38. The van der Waals surface area contributed by atoms with Crippen LogP contribution in [0.5, 0.6) is 0 Å². The zero-order valence-corrected chi connectivity index (χ0v) is 13.6. The Hall–Kier alpha value is -1.03. The molecule has 112 valence electrons. The number of esters is 1. The van der Waals surface area contributed by atoms with E-state index in [4.69, 9.17) is 10.5 Å². The summed E-state index contributed by atoms with van der Waals surface area (Å²) in [5.41, 5.74) is 6.49. The van der Waals surface area contributed by atoms with Crippen molar-refractivity contribution in [1.29, 1.82) is 0 Å². The van der Waals surface area contributed by atoms with Crippen molar-refractivity contribution in [2.24, 2.45) is 17.8 Å². The predicted octanol–water partition coefficient (Wildman–Crippen LogP) is 4.26. The van der Waals surface area contributed by atoms with Crippen LogP contribution in [0.3, 0.4) is 0 Å². The van der Waals surface area contributed by atoms with E-state index >= 15 is 0 Å². The largest absolute Gasteiger partial charge is 0.458 e. The van der Waals surface area contributed by atoms with Crippen LogP contribution in [0, 0.1) is 24.7 Å². The van der Waals surface area contributed by atoms with Crippen molar-refractivity contribution >= 4 is 23.0 Å². The van der Waals surface area contributed by atoms with Crippen molar-refractivity contribution in [3.63, 3.8) is 0 Å². The van der Waals surface area contributed by atoms with E-state index in [9.17, 15) is 4.79 Å². The first-order valence-electron chi connectivity index (χ1n) is 7.45. The lowest BCUT2D eigenvalue weighted by molar-refractivity contribution is -0.0169. The Morgan fingerprint density at radius 1 is 1.45 bits per heavy atom. The molecule has 1 aliphatic rings. The van der Waals surface area contributed by atoms with Gasteiger partial charge in [0.05, 0.1) is 0 Å². The van der Waals surface area contributed by atoms with E-state index < -0.39 is 0 Å². The summed E-state index contributed by atoms with van der Waals surface area (Å²) in [6, 6.07) is 1.74. The number of aryl methyl sites for hydroxylation is 1. The number of hydrogen-bond acceptors (Lipinski definition) is 4. The summed E-state index contributed by atoms with van der Waals surface area (Å²) in [4.78, 5) is 13.9. The number of carbonyl (C=O) groups excluding carboxylic acids is 1. The molecule has 0 bridgehead atoms. The van der Waals surface area contributed by atoms with Gasteiger partial charge in [-0.15, -0.1) is 11.3 Å². The minimum Gasteiger partial charge on any atom is -0.458 e. The van der Waals surface area contributed by atoms with Crippen LogP contribution in [0.15, 0.2) is 6.07 Å². The fourth-order valence-electron chi connectivity index (χ4n) is 3.04. The Morgan fingerprint density at radius 2 is 2.15 bits per heavy atom. The summed E-state index contributed by atoms with van der Waals surface area (Å²) in [7, 11) is 0. The normalized spacial score (nSPS) is 26.8. The van der Waals surface area contributed by atoms with Crippen molar-refractivity contribution in [1.82, 2.24) is 0 Å². The van der Waals surface area contributed by atoms with Gasteiger partial charge in [-0.1, -0.05) is 27.2 Å². The van der Waals surface area contributed by atoms with E-state index in [1.54, 1.807) is 6.07 Å². The SMILES string of the molecule is Cc1sc(C(=O)OC2CC(C)CCC2C(C)C)cc1N. The summed E-state index contributed by atoms with van der Waals surface area (Å²) in [6.07, 6.45) is 3.42. The molecule has 3 atom stereocenters. The second kappa shape index (κ2) is 6.17. The molecular formula is C16H25NO2S. The summed E-state index contributed by atoms with van der Waals surface area (Å²) in [5, 5.41) is 0. The lowest BCUT2D eigenvalue weighted by Crippen LogP contribution is -2.35. The number of nitrogen functional groups attached to an aromatic ring is 1. The van der Waals surface area contributed by atoms with E-state index in [1.807, 2.05) is 6.92 Å². The summed E-state index contributed by atoms with van der Waals surface area (Å²) in [6.45, 7) is 8.60. The van der Waals surface area contributed by atoms with Crippen LogP contribution in [0.25, 0.3) is 0 Å². The van der Waals surface area contributed by atoms with Crippen LogP contribution < -0.4 is 5.73 Å². The lowest BCUT2D eigenvalue weighted by atomic mass is 9.75. The quantitative estimate of drug-likeness (QED) is 0.848. The van der Waals surface area contributed by atoms with Gasteiger partial charge in [-0.2, -0.15) is 0 Å². The van der Waals surface area contributed by atoms with Crippen molar-refractivity contribution < 1.29 is 9.53 Å². The molecule has 4 heteroatoms. The van der Waals surface area contributed by atoms with Crippen LogP contribution in [0.4, 0.5) is 5.69 Å². The topological polar surface area (TPSA) is 52.3 Å². The maximum Gasteiger partial charge on any atom is 0.348 e. The van der Waals surface area contributed by atoms with Crippen LogP contribution in [0.2, 0.25) is 0 Å². The molecule has 0 saturated heterocycles. The Labute approximate surface area is 125 Å². The van der Waals surface area contributed by atoms with Crippen LogP contribution in [0.1, 0.15) is 54.6 Å². The van der Waals surface area contributed by atoms with Gasteiger partial charge >= 0.3 is 5.97 Å². The van der Waals surface area contributed by atoms with Gasteiger partial charge in [-0.3, -0.25) is 0 Å². The molecule has 0 aliphatic heterocycles. The Balaban J connectivity index is 2.07. The number of hydrogen-bond donors (Lipinski definition) is 1. The van der Waals surface area contributed by atoms with Gasteiger partial charge in [-0.05, 0) is 43.6 Å². The first kappa shape index (κ1) is 15.4. The fraction of sp³-hybridized carbons (Fsp3) is 0.688. The molecule has 0 amide bonds. The van der Waals surface area contributed by atoms with Gasteiger partial charge < -0.3 is 10.5 Å². The van der Waals surface area contributed by atoms with Gasteiger partial charge in [0.1, 0.15) is 11.0 Å². The second-order valence-electron chi connectivity index (χ2n) is 6.39. The fourth-order valence-corrected chi connectivity index (χ4v) is 3.87. The number of nitrogens with two attached hydrogens (primary N) is 1. The molecule has 3 nitrogen and oxygen atoms in total. The third kappa shape index (κ3) is 3.35. The van der Waals surface area contributed by atoms with E-state index in [-0.39, 0.29) is 12.1 Å². The first-order valence-corrected chi connectivity index (χ1v) is 8.27. The molecule has 1 aliphatic carbocycles. The number of ether oxygens (including phenoxy) is 1. The number of carbonyl (C=O) groups is 1. The maximum absolute atomic E-state index is 12.3. The Morgan fingerprint density at radius 3 is 2.70 bits per heavy atom. The van der Waals surface area contributed by atoms with Gasteiger partial charge in [0.25, 0.3) is 0 Å². The summed E-state index contributed by atoms with van der Waals surface area (Å²) >= 11 is 1.42.